The Morgan fingerprint density at radius 2 is 2.32 bits per heavy atom. The van der Waals surface area contributed by atoms with Crippen molar-refractivity contribution in [3.8, 4) is 0 Å². The molecule has 0 amide bonds. The van der Waals surface area contributed by atoms with Gasteiger partial charge in [-0.25, -0.2) is 0 Å². The number of benzene rings is 1. The lowest BCUT2D eigenvalue weighted by molar-refractivity contribution is -0.384. The van der Waals surface area contributed by atoms with Gasteiger partial charge in [-0.15, -0.1) is 0 Å². The quantitative estimate of drug-likeness (QED) is 0.476. The van der Waals surface area contributed by atoms with Crippen molar-refractivity contribution in [1.29, 1.82) is 0 Å². The van der Waals surface area contributed by atoms with Gasteiger partial charge in [-0.3, -0.25) is 14.9 Å². The molecule has 1 atom stereocenters. The van der Waals surface area contributed by atoms with Gasteiger partial charge in [0.25, 0.3) is 5.69 Å². The number of ether oxygens (including phenoxy) is 1. The molecule has 100 valence electrons. The van der Waals surface area contributed by atoms with E-state index in [1.54, 1.807) is 6.08 Å². The van der Waals surface area contributed by atoms with Crippen molar-refractivity contribution in [3.63, 3.8) is 0 Å². The number of non-ortho nitro benzene ring substituents is 1. The van der Waals surface area contributed by atoms with Crippen LogP contribution >= 0.6 is 27.5 Å². The van der Waals surface area contributed by atoms with Crippen molar-refractivity contribution in [2.45, 2.75) is 12.5 Å². The summed E-state index contributed by atoms with van der Waals surface area (Å²) in [6.45, 7) is 0. The van der Waals surface area contributed by atoms with E-state index in [1.807, 2.05) is 0 Å². The van der Waals surface area contributed by atoms with E-state index in [-0.39, 0.29) is 21.8 Å². The average molecular weight is 347 g/mol. The highest BCUT2D eigenvalue weighted by Crippen LogP contribution is 2.33. The maximum Gasteiger partial charge on any atom is 0.270 e. The van der Waals surface area contributed by atoms with Crippen molar-refractivity contribution in [2.75, 3.05) is 5.33 Å². The van der Waals surface area contributed by atoms with Gasteiger partial charge in [-0.1, -0.05) is 27.5 Å². The molecule has 5 nitrogen and oxygen atoms in total. The van der Waals surface area contributed by atoms with Crippen molar-refractivity contribution in [1.82, 2.24) is 0 Å². The summed E-state index contributed by atoms with van der Waals surface area (Å²) in [7, 11) is 0. The number of hydrogen-bond acceptors (Lipinski definition) is 4. The summed E-state index contributed by atoms with van der Waals surface area (Å²) in [5, 5.41) is 11.1. The standard InChI is InChI=1S/C12H9BrClNO4/c13-6-10(16)12-4-3-11(19-12)8-2-1-7(15(17)18)5-9(8)14/h1-3,5,12H,4,6H2. The average Bonchev–Trinajstić information content (AvgIpc) is 2.87. The Balaban J connectivity index is 2.20. The van der Waals surface area contributed by atoms with Crippen LogP contribution in [0.5, 0.6) is 0 Å². The van der Waals surface area contributed by atoms with Crippen molar-refractivity contribution in [2.24, 2.45) is 0 Å². The maximum atomic E-state index is 11.5. The molecule has 0 fully saturated rings. The lowest BCUT2D eigenvalue weighted by atomic mass is 10.1. The molecule has 19 heavy (non-hydrogen) atoms. The maximum absolute atomic E-state index is 11.5. The van der Waals surface area contributed by atoms with Crippen molar-refractivity contribution in [3.05, 3.63) is 45.0 Å². The lowest BCUT2D eigenvalue weighted by Gasteiger charge is -2.11. The summed E-state index contributed by atoms with van der Waals surface area (Å²) in [4.78, 5) is 21.6. The first-order valence-corrected chi connectivity index (χ1v) is 6.92. The highest BCUT2D eigenvalue weighted by Gasteiger charge is 2.26. The molecule has 0 radical (unpaired) electrons. The van der Waals surface area contributed by atoms with Crippen LogP contribution in [0.1, 0.15) is 12.0 Å². The van der Waals surface area contributed by atoms with E-state index in [4.69, 9.17) is 16.3 Å². The van der Waals surface area contributed by atoms with Crippen LogP contribution in [-0.2, 0) is 9.53 Å². The van der Waals surface area contributed by atoms with E-state index in [1.165, 1.54) is 18.2 Å². The fourth-order valence-electron chi connectivity index (χ4n) is 1.74. The molecular weight excluding hydrogens is 337 g/mol. The molecule has 1 aliphatic heterocycles. The number of Topliss-reactive ketones (excluding diaryl/α,β-unsaturated/α-hetero) is 1. The predicted octanol–water partition coefficient (Wildman–Crippen LogP) is 3.34. The van der Waals surface area contributed by atoms with Gasteiger partial charge in [-0.05, 0) is 12.1 Å². The molecule has 1 heterocycles. The predicted molar refractivity (Wildman–Crippen MR) is 74.4 cm³/mol. The number of nitro benzene ring substituents is 1. The first-order chi connectivity index (χ1) is 9.02. The molecule has 0 spiro atoms. The van der Waals surface area contributed by atoms with Crippen molar-refractivity contribution < 1.29 is 14.5 Å². The number of carbonyl (C=O) groups is 1. The van der Waals surface area contributed by atoms with Gasteiger partial charge in [0.1, 0.15) is 5.76 Å². The number of alkyl halides is 1. The summed E-state index contributed by atoms with van der Waals surface area (Å²) in [6, 6.07) is 4.14. The Bertz CT molecular complexity index is 573. The summed E-state index contributed by atoms with van der Waals surface area (Å²) in [6.07, 6.45) is 1.73. The van der Waals surface area contributed by atoms with Crippen LogP contribution in [0.3, 0.4) is 0 Å². The van der Waals surface area contributed by atoms with E-state index in [2.05, 4.69) is 15.9 Å². The molecule has 0 bridgehead atoms. The highest BCUT2D eigenvalue weighted by atomic mass is 79.9. The number of nitrogens with zero attached hydrogens (tertiary/aromatic N) is 1. The molecule has 0 saturated heterocycles. The molecule has 1 unspecified atom stereocenters. The molecule has 2 rings (SSSR count). The first-order valence-electron chi connectivity index (χ1n) is 5.42. The van der Waals surface area contributed by atoms with Crippen LogP contribution < -0.4 is 0 Å². The molecule has 1 aromatic rings. The third-order valence-electron chi connectivity index (χ3n) is 2.71. The van der Waals surface area contributed by atoms with Gasteiger partial charge in [0.2, 0.25) is 0 Å². The third-order valence-corrected chi connectivity index (χ3v) is 3.57. The van der Waals surface area contributed by atoms with Gasteiger partial charge in [0.05, 0.1) is 15.3 Å². The highest BCUT2D eigenvalue weighted by molar-refractivity contribution is 9.09. The van der Waals surface area contributed by atoms with Gasteiger partial charge in [-0.2, -0.15) is 0 Å². The largest absolute Gasteiger partial charge is 0.482 e. The number of ketones is 1. The summed E-state index contributed by atoms with van der Waals surface area (Å²) in [5.74, 6) is 0.434. The Hall–Kier alpha value is -1.40. The number of nitro groups is 1. The SMILES string of the molecule is O=C(CBr)C1CC=C(c2ccc([N+](=O)[O-])cc2Cl)O1. The molecule has 0 N–H and O–H groups in total. The number of halogens is 2. The zero-order valence-electron chi connectivity index (χ0n) is 9.64. The first kappa shape index (κ1) is 14.0. The van der Waals surface area contributed by atoms with E-state index in [9.17, 15) is 14.9 Å². The van der Waals surface area contributed by atoms with Crippen LogP contribution in [0, 0.1) is 10.1 Å². The topological polar surface area (TPSA) is 69.4 Å². The van der Waals surface area contributed by atoms with Crippen LogP contribution in [0.4, 0.5) is 5.69 Å². The van der Waals surface area contributed by atoms with Gasteiger partial charge >= 0.3 is 0 Å². The molecular formula is C12H9BrClNO4. The minimum absolute atomic E-state index is 0.0516. The van der Waals surface area contributed by atoms with Crippen LogP contribution in [-0.4, -0.2) is 22.1 Å². The van der Waals surface area contributed by atoms with E-state index in [0.717, 1.165) is 0 Å². The summed E-state index contributed by atoms with van der Waals surface area (Å²) >= 11 is 9.08. The molecule has 1 aliphatic rings. The Morgan fingerprint density at radius 1 is 1.58 bits per heavy atom. The fourth-order valence-corrected chi connectivity index (χ4v) is 2.37. The van der Waals surface area contributed by atoms with E-state index in [0.29, 0.717) is 17.7 Å². The van der Waals surface area contributed by atoms with E-state index >= 15 is 0 Å². The Morgan fingerprint density at radius 3 is 2.89 bits per heavy atom. The molecule has 0 aromatic heterocycles. The Labute approximate surface area is 122 Å². The third kappa shape index (κ3) is 2.96. The lowest BCUT2D eigenvalue weighted by Crippen LogP contribution is -2.20. The number of hydrogen-bond donors (Lipinski definition) is 0. The van der Waals surface area contributed by atoms with Crippen LogP contribution in [0.25, 0.3) is 5.76 Å². The van der Waals surface area contributed by atoms with Gasteiger partial charge in [0, 0.05) is 24.1 Å². The zero-order valence-corrected chi connectivity index (χ0v) is 12.0. The second-order valence-electron chi connectivity index (χ2n) is 3.93. The van der Waals surface area contributed by atoms with Crippen molar-refractivity contribution >= 4 is 44.8 Å². The van der Waals surface area contributed by atoms with Gasteiger partial charge in [0.15, 0.2) is 11.9 Å². The Kier molecular flexibility index (Phi) is 4.21. The summed E-state index contributed by atoms with van der Waals surface area (Å²) in [5.41, 5.74) is 0.470. The second kappa shape index (κ2) is 5.71. The summed E-state index contributed by atoms with van der Waals surface area (Å²) < 4.78 is 5.51. The number of carbonyl (C=O) groups excluding carboxylic acids is 1. The monoisotopic (exact) mass is 345 g/mol. The molecule has 0 aliphatic carbocycles. The smallest absolute Gasteiger partial charge is 0.270 e. The zero-order chi connectivity index (χ0) is 14.0. The van der Waals surface area contributed by atoms with Crippen LogP contribution in [0.15, 0.2) is 24.3 Å². The molecule has 7 heteroatoms. The second-order valence-corrected chi connectivity index (χ2v) is 4.90. The van der Waals surface area contributed by atoms with E-state index < -0.39 is 11.0 Å². The van der Waals surface area contributed by atoms with Gasteiger partial charge < -0.3 is 4.74 Å². The number of rotatable bonds is 4. The molecule has 0 saturated carbocycles. The molecule has 1 aromatic carbocycles. The minimum atomic E-state index is -0.517. The fraction of sp³-hybridized carbons (Fsp3) is 0.250. The minimum Gasteiger partial charge on any atom is -0.482 e. The van der Waals surface area contributed by atoms with Crippen LogP contribution in [0.2, 0.25) is 5.02 Å². The normalized spacial score (nSPS) is 17.8.